The summed E-state index contributed by atoms with van der Waals surface area (Å²) in [5, 5.41) is 29.2. The van der Waals surface area contributed by atoms with Crippen LogP contribution in [-0.4, -0.2) is 96.8 Å². The molecule has 0 aliphatic rings. The summed E-state index contributed by atoms with van der Waals surface area (Å²) < 4.78 is 0. The highest BCUT2D eigenvalue weighted by molar-refractivity contribution is 8.03. The number of thioether (sulfide) groups is 1. The first-order valence-corrected chi connectivity index (χ1v) is 9.68. The summed E-state index contributed by atoms with van der Waals surface area (Å²) >= 11 is 1.07. The molecule has 28 heavy (non-hydrogen) atoms. The molecule has 0 saturated carbocycles. The smallest absolute Gasteiger partial charge is 0.317 e. The molecule has 0 radical (unpaired) electrons. The van der Waals surface area contributed by atoms with Crippen molar-refractivity contribution in [3.63, 3.8) is 0 Å². The molecule has 0 amide bonds. The first-order valence-electron chi connectivity index (χ1n) is 8.87. The van der Waals surface area contributed by atoms with Crippen LogP contribution in [0.1, 0.15) is 5.56 Å². The summed E-state index contributed by atoms with van der Waals surface area (Å²) in [5.74, 6) is -2.11. The van der Waals surface area contributed by atoms with Gasteiger partial charge in [-0.05, 0) is 57.0 Å². The first kappa shape index (κ1) is 23.9. The molecular weight excluding hydrogens is 380 g/mol. The number of thiocyanates is 1. The number of likely N-dealkylation sites (N-methyl/N-ethyl adjacent to an activating group) is 2. The van der Waals surface area contributed by atoms with Crippen molar-refractivity contribution in [1.29, 1.82) is 5.26 Å². The van der Waals surface area contributed by atoms with E-state index in [0.29, 0.717) is 13.0 Å². The molecule has 1 atom stereocenters. The molecular formula is C19H28N4O4S. The van der Waals surface area contributed by atoms with Gasteiger partial charge in [0, 0.05) is 30.6 Å². The fourth-order valence-corrected chi connectivity index (χ4v) is 3.19. The summed E-state index contributed by atoms with van der Waals surface area (Å²) in [5.41, 5.74) is 0.967. The molecule has 8 nitrogen and oxygen atoms in total. The van der Waals surface area contributed by atoms with Crippen LogP contribution >= 0.6 is 11.8 Å². The van der Waals surface area contributed by atoms with Crippen LogP contribution in [-0.2, 0) is 16.0 Å². The second-order valence-electron chi connectivity index (χ2n) is 6.95. The third-order valence-electron chi connectivity index (χ3n) is 4.20. The van der Waals surface area contributed by atoms with E-state index in [9.17, 15) is 19.8 Å². The van der Waals surface area contributed by atoms with Gasteiger partial charge in [0.05, 0.1) is 13.1 Å². The van der Waals surface area contributed by atoms with Gasteiger partial charge >= 0.3 is 11.9 Å². The number of carboxylic acids is 2. The Morgan fingerprint density at radius 3 is 2.11 bits per heavy atom. The number of rotatable bonds is 13. The predicted octanol–water partition coefficient (Wildman–Crippen LogP) is 1.14. The van der Waals surface area contributed by atoms with Gasteiger partial charge < -0.3 is 20.0 Å². The van der Waals surface area contributed by atoms with E-state index in [0.717, 1.165) is 35.3 Å². The van der Waals surface area contributed by atoms with Crippen LogP contribution in [0.3, 0.4) is 0 Å². The fourth-order valence-electron chi connectivity index (χ4n) is 2.81. The van der Waals surface area contributed by atoms with Gasteiger partial charge in [-0.2, -0.15) is 5.26 Å². The standard InChI is InChI=1S/C19H28N4O4S/c1-21(2)8-9-22(3)11-16(23(12-18(24)25)13-19(26)27)10-15-4-6-17(7-5-15)28-14-20/h4-7,16H,8-13H2,1-3H3,(H,24,25)(H,26,27). The van der Waals surface area contributed by atoms with Crippen molar-refractivity contribution in [3.05, 3.63) is 29.8 Å². The molecule has 1 rings (SSSR count). The van der Waals surface area contributed by atoms with E-state index in [1.54, 1.807) is 0 Å². The molecule has 1 aromatic carbocycles. The van der Waals surface area contributed by atoms with Crippen molar-refractivity contribution in [2.24, 2.45) is 0 Å². The highest BCUT2D eigenvalue weighted by Gasteiger charge is 2.25. The lowest BCUT2D eigenvalue weighted by molar-refractivity contribution is -0.143. The maximum atomic E-state index is 11.3. The zero-order valence-electron chi connectivity index (χ0n) is 16.5. The number of nitriles is 1. The van der Waals surface area contributed by atoms with E-state index in [1.165, 1.54) is 4.90 Å². The third kappa shape index (κ3) is 9.71. The molecule has 0 aliphatic carbocycles. The van der Waals surface area contributed by atoms with Crippen molar-refractivity contribution in [2.75, 3.05) is 53.9 Å². The van der Waals surface area contributed by atoms with Gasteiger partial charge in [0.15, 0.2) is 0 Å². The van der Waals surface area contributed by atoms with Crippen molar-refractivity contribution >= 4 is 23.7 Å². The Hall–Kier alpha value is -2.12. The van der Waals surface area contributed by atoms with Gasteiger partial charge in [-0.15, -0.1) is 0 Å². The Kier molecular flexibility index (Phi) is 10.6. The second-order valence-corrected chi connectivity index (χ2v) is 7.81. The largest absolute Gasteiger partial charge is 0.480 e. The number of hydrogen-bond donors (Lipinski definition) is 2. The van der Waals surface area contributed by atoms with Crippen molar-refractivity contribution in [3.8, 4) is 5.40 Å². The summed E-state index contributed by atoms with van der Waals surface area (Å²) in [6.07, 6.45) is 0.518. The molecule has 2 N–H and O–H groups in total. The minimum atomic E-state index is -1.05. The van der Waals surface area contributed by atoms with Gasteiger partial charge in [-0.1, -0.05) is 12.1 Å². The van der Waals surface area contributed by atoms with Gasteiger partial charge in [0.1, 0.15) is 5.40 Å². The molecule has 0 saturated heterocycles. The van der Waals surface area contributed by atoms with E-state index in [4.69, 9.17) is 5.26 Å². The topological polar surface area (TPSA) is 108 Å². The van der Waals surface area contributed by atoms with E-state index in [2.05, 4.69) is 9.80 Å². The van der Waals surface area contributed by atoms with Gasteiger partial charge in [0.25, 0.3) is 0 Å². The van der Waals surface area contributed by atoms with E-state index in [-0.39, 0.29) is 19.1 Å². The maximum Gasteiger partial charge on any atom is 0.317 e. The fraction of sp³-hybridized carbons (Fsp3) is 0.526. The van der Waals surface area contributed by atoms with Crippen molar-refractivity contribution in [1.82, 2.24) is 14.7 Å². The van der Waals surface area contributed by atoms with Crippen molar-refractivity contribution < 1.29 is 19.8 Å². The maximum absolute atomic E-state index is 11.3. The Morgan fingerprint density at radius 1 is 1.07 bits per heavy atom. The van der Waals surface area contributed by atoms with E-state index >= 15 is 0 Å². The molecule has 0 spiro atoms. The third-order valence-corrected chi connectivity index (χ3v) is 4.80. The molecule has 0 bridgehead atoms. The Bertz CT molecular complexity index is 660. The van der Waals surface area contributed by atoms with Crippen LogP contribution in [0.25, 0.3) is 0 Å². The summed E-state index contributed by atoms with van der Waals surface area (Å²) in [6.45, 7) is 1.52. The highest BCUT2D eigenvalue weighted by atomic mass is 32.2. The van der Waals surface area contributed by atoms with Crippen LogP contribution in [0.15, 0.2) is 29.2 Å². The van der Waals surface area contributed by atoms with Gasteiger partial charge in [-0.25, -0.2) is 0 Å². The van der Waals surface area contributed by atoms with Crippen LogP contribution in [0.2, 0.25) is 0 Å². The van der Waals surface area contributed by atoms with Crippen molar-refractivity contribution in [2.45, 2.75) is 17.4 Å². The van der Waals surface area contributed by atoms with E-state index in [1.807, 2.05) is 50.8 Å². The number of aliphatic carboxylic acids is 2. The van der Waals surface area contributed by atoms with Crippen LogP contribution in [0.5, 0.6) is 0 Å². The number of hydrogen-bond acceptors (Lipinski definition) is 7. The highest BCUT2D eigenvalue weighted by Crippen LogP contribution is 2.18. The zero-order valence-corrected chi connectivity index (χ0v) is 17.4. The number of benzene rings is 1. The molecule has 154 valence electrons. The SMILES string of the molecule is CN(C)CCN(C)CC(Cc1ccc(SC#N)cc1)N(CC(=O)O)CC(=O)O. The number of carbonyl (C=O) groups is 2. The Morgan fingerprint density at radius 2 is 1.64 bits per heavy atom. The molecule has 0 fully saturated rings. The first-order chi connectivity index (χ1) is 13.2. The average Bonchev–Trinajstić information content (AvgIpc) is 2.60. The lowest BCUT2D eigenvalue weighted by atomic mass is 10.0. The number of nitrogens with zero attached hydrogens (tertiary/aromatic N) is 4. The zero-order chi connectivity index (χ0) is 21.1. The Labute approximate surface area is 170 Å². The molecule has 0 aromatic heterocycles. The molecule has 1 unspecified atom stereocenters. The summed E-state index contributed by atoms with van der Waals surface area (Å²) in [4.78, 5) is 29.0. The van der Waals surface area contributed by atoms with Crippen LogP contribution < -0.4 is 0 Å². The quantitative estimate of drug-likeness (QED) is 0.367. The lowest BCUT2D eigenvalue weighted by Crippen LogP contribution is -2.49. The van der Waals surface area contributed by atoms with Gasteiger partial charge in [-0.3, -0.25) is 14.5 Å². The molecule has 0 aliphatic heterocycles. The van der Waals surface area contributed by atoms with Crippen LogP contribution in [0.4, 0.5) is 0 Å². The minimum absolute atomic E-state index is 0.270. The van der Waals surface area contributed by atoms with E-state index < -0.39 is 11.9 Å². The monoisotopic (exact) mass is 408 g/mol. The minimum Gasteiger partial charge on any atom is -0.480 e. The summed E-state index contributed by atoms with van der Waals surface area (Å²) in [7, 11) is 5.91. The second kappa shape index (κ2) is 12.4. The number of carboxylic acid groups (broad SMARTS) is 2. The van der Waals surface area contributed by atoms with Gasteiger partial charge in [0.2, 0.25) is 0 Å². The Balaban J connectivity index is 2.97. The molecule has 1 aromatic rings. The molecule has 9 heteroatoms. The molecule has 0 heterocycles. The lowest BCUT2D eigenvalue weighted by Gasteiger charge is -2.33. The predicted molar refractivity (Wildman–Crippen MR) is 108 cm³/mol. The van der Waals surface area contributed by atoms with Crippen LogP contribution in [0, 0.1) is 10.7 Å². The summed E-state index contributed by atoms with van der Waals surface area (Å²) in [6, 6.07) is 7.20. The normalized spacial score (nSPS) is 12.3. The average molecular weight is 409 g/mol.